The largest absolute Gasteiger partial charge is 0.390 e. The molecule has 44 heavy (non-hydrogen) atoms. The maximum atomic E-state index is 13.7. The highest BCUT2D eigenvalue weighted by Crippen LogP contribution is 2.25. The zero-order valence-electron chi connectivity index (χ0n) is 26.7. The van der Waals surface area contributed by atoms with Crippen molar-refractivity contribution in [3.8, 4) is 0 Å². The number of hydrogen-bond acceptors (Lipinski definition) is 6. The Morgan fingerprint density at radius 2 is 0.886 bits per heavy atom. The standard InChI is InChI=1S/C34H50N4O6/c1-21(2)27(33(43)35-5)37-31(41)25(19-17-23-13-9-7-10-14-23)29(39)30(40)26(20-18-24-15-11-8-12-16-24)32(42)38-28(22(3)4)34(44)36-6/h7-16,21-22,25-30,39-40H,17-20H2,1-6H3,(H,35,43)(H,36,44)(H,37,41)(H,38,42)/t25-,26-,27-,28-,29-,30-/m0/s1. The predicted octanol–water partition coefficient (Wildman–Crippen LogP) is 1.98. The van der Waals surface area contributed by atoms with Gasteiger partial charge in [0.15, 0.2) is 0 Å². The van der Waals surface area contributed by atoms with Crippen molar-refractivity contribution in [1.82, 2.24) is 21.3 Å². The number of carbonyl (C=O) groups is 4. The van der Waals surface area contributed by atoms with Crippen LogP contribution in [0.2, 0.25) is 0 Å². The highest BCUT2D eigenvalue weighted by molar-refractivity contribution is 5.90. The number of amides is 4. The fourth-order valence-corrected chi connectivity index (χ4v) is 5.23. The maximum Gasteiger partial charge on any atom is 0.242 e. The molecule has 0 saturated carbocycles. The molecule has 6 N–H and O–H groups in total. The summed E-state index contributed by atoms with van der Waals surface area (Å²) in [7, 11) is 2.96. The van der Waals surface area contributed by atoms with Crippen molar-refractivity contribution >= 4 is 23.6 Å². The molecule has 0 saturated heterocycles. The van der Waals surface area contributed by atoms with Crippen molar-refractivity contribution in [2.24, 2.45) is 23.7 Å². The lowest BCUT2D eigenvalue weighted by molar-refractivity contribution is -0.144. The number of aryl methyl sites for hydroxylation is 2. The Hall–Kier alpha value is -3.76. The third kappa shape index (κ3) is 10.7. The van der Waals surface area contributed by atoms with Crippen LogP contribution in [0.3, 0.4) is 0 Å². The van der Waals surface area contributed by atoms with Crippen LogP contribution in [0.5, 0.6) is 0 Å². The third-order valence-electron chi connectivity index (χ3n) is 8.01. The molecule has 242 valence electrons. The Bertz CT molecular complexity index is 1100. The number of rotatable bonds is 17. The van der Waals surface area contributed by atoms with Crippen molar-refractivity contribution in [2.45, 2.75) is 77.7 Å². The Balaban J connectivity index is 2.42. The van der Waals surface area contributed by atoms with E-state index < -0.39 is 47.9 Å². The molecular formula is C34H50N4O6. The summed E-state index contributed by atoms with van der Waals surface area (Å²) in [5.74, 6) is -4.69. The van der Waals surface area contributed by atoms with Gasteiger partial charge in [0, 0.05) is 14.1 Å². The molecule has 2 rings (SSSR count). The van der Waals surface area contributed by atoms with Crippen molar-refractivity contribution in [2.75, 3.05) is 14.1 Å². The fraction of sp³-hybridized carbons (Fsp3) is 0.529. The average Bonchev–Trinajstić information content (AvgIpc) is 3.02. The van der Waals surface area contributed by atoms with E-state index in [2.05, 4.69) is 21.3 Å². The Morgan fingerprint density at radius 3 is 1.16 bits per heavy atom. The van der Waals surface area contributed by atoms with E-state index in [1.807, 2.05) is 60.7 Å². The van der Waals surface area contributed by atoms with Gasteiger partial charge in [-0.15, -0.1) is 0 Å². The first-order valence-corrected chi connectivity index (χ1v) is 15.4. The van der Waals surface area contributed by atoms with E-state index in [0.29, 0.717) is 12.8 Å². The van der Waals surface area contributed by atoms with Gasteiger partial charge < -0.3 is 31.5 Å². The molecule has 0 aromatic heterocycles. The average molecular weight is 611 g/mol. The van der Waals surface area contributed by atoms with Gasteiger partial charge in [0.05, 0.1) is 24.0 Å². The van der Waals surface area contributed by atoms with Gasteiger partial charge >= 0.3 is 0 Å². The number of carbonyl (C=O) groups excluding carboxylic acids is 4. The Morgan fingerprint density at radius 1 is 0.568 bits per heavy atom. The molecule has 0 aliphatic heterocycles. The minimum atomic E-state index is -1.64. The van der Waals surface area contributed by atoms with Gasteiger partial charge in [-0.05, 0) is 48.6 Å². The molecular weight excluding hydrogens is 560 g/mol. The van der Waals surface area contributed by atoms with Crippen LogP contribution in [0, 0.1) is 23.7 Å². The van der Waals surface area contributed by atoms with Crippen LogP contribution < -0.4 is 21.3 Å². The molecule has 0 fully saturated rings. The molecule has 2 aromatic rings. The van der Waals surface area contributed by atoms with E-state index >= 15 is 0 Å². The summed E-state index contributed by atoms with van der Waals surface area (Å²) in [5.41, 5.74) is 1.87. The summed E-state index contributed by atoms with van der Waals surface area (Å²) in [6.07, 6.45) is -2.12. The number of benzene rings is 2. The van der Waals surface area contributed by atoms with Crippen LogP contribution in [0.25, 0.3) is 0 Å². The number of aliphatic hydroxyl groups excluding tert-OH is 2. The van der Waals surface area contributed by atoms with Gasteiger partial charge in [-0.3, -0.25) is 19.2 Å². The summed E-state index contributed by atoms with van der Waals surface area (Å²) in [5, 5.41) is 33.9. The Labute approximate surface area is 261 Å². The zero-order valence-corrected chi connectivity index (χ0v) is 26.7. The molecule has 6 atom stereocenters. The second kappa shape index (κ2) is 18.1. The molecule has 0 heterocycles. The number of likely N-dealkylation sites (N-methyl/N-ethyl adjacent to an activating group) is 2. The predicted molar refractivity (Wildman–Crippen MR) is 170 cm³/mol. The van der Waals surface area contributed by atoms with E-state index in [-0.39, 0.29) is 36.5 Å². The van der Waals surface area contributed by atoms with Gasteiger partial charge in [0.25, 0.3) is 0 Å². The molecule has 2 aromatic carbocycles. The smallest absolute Gasteiger partial charge is 0.242 e. The van der Waals surface area contributed by atoms with Crippen LogP contribution in [0.4, 0.5) is 0 Å². The quantitative estimate of drug-likeness (QED) is 0.161. The highest BCUT2D eigenvalue weighted by atomic mass is 16.3. The van der Waals surface area contributed by atoms with Gasteiger partial charge in [-0.1, -0.05) is 88.4 Å². The molecule has 4 amide bonds. The van der Waals surface area contributed by atoms with Crippen molar-refractivity contribution in [3.05, 3.63) is 71.8 Å². The van der Waals surface area contributed by atoms with Crippen LogP contribution >= 0.6 is 0 Å². The molecule has 0 radical (unpaired) electrons. The number of aliphatic hydroxyl groups is 2. The fourth-order valence-electron chi connectivity index (χ4n) is 5.23. The van der Waals surface area contributed by atoms with Crippen molar-refractivity contribution < 1.29 is 29.4 Å². The molecule has 0 bridgehead atoms. The van der Waals surface area contributed by atoms with Crippen LogP contribution in [0.15, 0.2) is 60.7 Å². The van der Waals surface area contributed by atoms with E-state index in [0.717, 1.165) is 11.1 Å². The van der Waals surface area contributed by atoms with E-state index in [1.165, 1.54) is 14.1 Å². The maximum absolute atomic E-state index is 13.7. The lowest BCUT2D eigenvalue weighted by Gasteiger charge is -2.33. The molecule has 0 unspecified atom stereocenters. The number of hydrogen-bond donors (Lipinski definition) is 6. The normalized spacial score (nSPS) is 15.4. The third-order valence-corrected chi connectivity index (χ3v) is 8.01. The van der Waals surface area contributed by atoms with E-state index in [4.69, 9.17) is 0 Å². The highest BCUT2D eigenvalue weighted by Gasteiger charge is 2.41. The SMILES string of the molecule is CNC(=O)[C@@H](NC(=O)[C@@H](CCc1ccccc1)[C@H](O)[C@@H](O)[C@H](CCc1ccccc1)C(=O)N[C@H](C(=O)NC)C(C)C)C(C)C. The first-order chi connectivity index (χ1) is 20.9. The summed E-state index contributed by atoms with van der Waals surface area (Å²) in [4.78, 5) is 52.4. The van der Waals surface area contributed by atoms with E-state index in [9.17, 15) is 29.4 Å². The monoisotopic (exact) mass is 610 g/mol. The summed E-state index contributed by atoms with van der Waals surface area (Å²) in [6.45, 7) is 7.19. The van der Waals surface area contributed by atoms with Crippen molar-refractivity contribution in [1.29, 1.82) is 0 Å². The summed E-state index contributed by atoms with van der Waals surface area (Å²) in [6, 6.07) is 17.1. The zero-order chi connectivity index (χ0) is 32.8. The van der Waals surface area contributed by atoms with Crippen LogP contribution in [0.1, 0.15) is 51.7 Å². The lowest BCUT2D eigenvalue weighted by atomic mass is 9.82. The van der Waals surface area contributed by atoms with Crippen LogP contribution in [-0.2, 0) is 32.0 Å². The molecule has 0 aliphatic rings. The molecule has 0 aliphatic carbocycles. The Kier molecular flexibility index (Phi) is 15.0. The molecule has 10 nitrogen and oxygen atoms in total. The molecule has 0 spiro atoms. The minimum Gasteiger partial charge on any atom is -0.390 e. The number of nitrogens with one attached hydrogen (secondary N) is 4. The van der Waals surface area contributed by atoms with Crippen molar-refractivity contribution in [3.63, 3.8) is 0 Å². The summed E-state index contributed by atoms with van der Waals surface area (Å²) >= 11 is 0. The topological polar surface area (TPSA) is 157 Å². The first-order valence-electron chi connectivity index (χ1n) is 15.4. The van der Waals surface area contributed by atoms with Crippen LogP contribution in [-0.4, -0.2) is 72.2 Å². The van der Waals surface area contributed by atoms with E-state index in [1.54, 1.807) is 27.7 Å². The summed E-state index contributed by atoms with van der Waals surface area (Å²) < 4.78 is 0. The van der Waals surface area contributed by atoms with Gasteiger partial charge in [-0.25, -0.2) is 0 Å². The minimum absolute atomic E-state index is 0.159. The first kappa shape index (κ1) is 36.4. The molecule has 10 heteroatoms. The van der Waals surface area contributed by atoms with Gasteiger partial charge in [0.2, 0.25) is 23.6 Å². The second-order valence-corrected chi connectivity index (χ2v) is 11.9. The van der Waals surface area contributed by atoms with Gasteiger partial charge in [-0.2, -0.15) is 0 Å². The second-order valence-electron chi connectivity index (χ2n) is 11.9. The van der Waals surface area contributed by atoms with Gasteiger partial charge in [0.1, 0.15) is 12.1 Å². The lowest BCUT2D eigenvalue weighted by Crippen LogP contribution is -2.56.